The van der Waals surface area contributed by atoms with E-state index in [2.05, 4.69) is 69.9 Å². The fraction of sp³-hybridized carbons (Fsp3) is 0.850. The van der Waals surface area contributed by atoms with Crippen molar-refractivity contribution in [3.63, 3.8) is 0 Å². The number of aliphatic carboxylic acids is 1. The first-order valence-corrected chi connectivity index (χ1v) is 19.6. The number of nitrogens with zero attached hydrogens (tertiary/aromatic N) is 3. The van der Waals surface area contributed by atoms with Crippen molar-refractivity contribution in [2.24, 2.45) is 62.4 Å². The number of carbonyl (C=O) groups excluding carboxylic acids is 1. The smallest absolute Gasteiger partial charge is 0.307 e. The van der Waals surface area contributed by atoms with E-state index in [4.69, 9.17) is 19.9 Å². The fourth-order valence-electron chi connectivity index (χ4n) is 13.3. The van der Waals surface area contributed by atoms with Crippen LogP contribution in [0, 0.1) is 56.7 Å². The lowest BCUT2D eigenvalue weighted by Gasteiger charge is -2.71. The molecule has 1 aromatic rings. The molecule has 1 unspecified atom stereocenters. The molecule has 0 radical (unpaired) electrons. The van der Waals surface area contributed by atoms with Crippen LogP contribution in [-0.2, 0) is 19.0 Å². The Morgan fingerprint density at radius 3 is 2.43 bits per heavy atom. The third-order valence-corrected chi connectivity index (χ3v) is 16.7. The summed E-state index contributed by atoms with van der Waals surface area (Å²) < 4.78 is 21.4. The van der Waals surface area contributed by atoms with Crippen LogP contribution in [-0.4, -0.2) is 83.5 Å². The highest BCUT2D eigenvalue weighted by Crippen LogP contribution is 2.75. The molecule has 2 saturated heterocycles. The van der Waals surface area contributed by atoms with Gasteiger partial charge in [-0.15, -0.1) is 0 Å². The van der Waals surface area contributed by atoms with Crippen LogP contribution in [0.1, 0.15) is 116 Å². The molecule has 7 rings (SSSR count). The number of hydrogen-bond acceptors (Lipinski definition) is 8. The zero-order valence-corrected chi connectivity index (χ0v) is 32.3. The number of nitrogens with two attached hydrogens (primary N) is 1. The number of carbonyl (C=O) groups is 2. The van der Waals surface area contributed by atoms with Crippen LogP contribution < -0.4 is 11.1 Å². The second-order valence-corrected chi connectivity index (χ2v) is 18.9. The predicted molar refractivity (Wildman–Crippen MR) is 193 cm³/mol. The van der Waals surface area contributed by atoms with Crippen molar-refractivity contribution in [3.8, 4) is 0 Å². The fourth-order valence-corrected chi connectivity index (χ4v) is 13.3. The molecular formula is C40H63N5O6. The maximum atomic E-state index is 13.5. The van der Waals surface area contributed by atoms with E-state index < -0.39 is 23.2 Å². The topological polar surface area (TPSA) is 151 Å². The summed E-state index contributed by atoms with van der Waals surface area (Å²) in [5.74, 6) is -0.333. The van der Waals surface area contributed by atoms with Crippen LogP contribution in [0.2, 0.25) is 0 Å². The zero-order chi connectivity index (χ0) is 36.8. The molecule has 6 aliphatic rings. The molecule has 51 heavy (non-hydrogen) atoms. The summed E-state index contributed by atoms with van der Waals surface area (Å²) in [7, 11) is 2.00. The molecule has 1 amide bonds. The van der Waals surface area contributed by atoms with Crippen LogP contribution in [0.25, 0.3) is 0 Å². The monoisotopic (exact) mass is 709 g/mol. The molecule has 3 heterocycles. The number of fused-ring (bicyclic) bond motifs is 3. The first-order valence-electron chi connectivity index (χ1n) is 19.6. The Kier molecular flexibility index (Phi) is 9.16. The number of ether oxygens (including phenoxy) is 3. The summed E-state index contributed by atoms with van der Waals surface area (Å²) in [6.45, 7) is 19.1. The van der Waals surface area contributed by atoms with Gasteiger partial charge < -0.3 is 30.4 Å². The highest BCUT2D eigenvalue weighted by atomic mass is 16.5. The molecule has 5 fully saturated rings. The lowest BCUT2D eigenvalue weighted by Crippen LogP contribution is -2.69. The van der Waals surface area contributed by atoms with Crippen molar-refractivity contribution in [2.75, 3.05) is 40.1 Å². The van der Waals surface area contributed by atoms with E-state index in [1.165, 1.54) is 11.9 Å². The Morgan fingerprint density at radius 1 is 1.06 bits per heavy atom. The zero-order valence-electron chi connectivity index (χ0n) is 32.3. The molecule has 2 bridgehead atoms. The summed E-state index contributed by atoms with van der Waals surface area (Å²) in [5, 5.41) is 19.3. The third kappa shape index (κ3) is 5.17. The Bertz CT molecular complexity index is 1550. The van der Waals surface area contributed by atoms with Crippen molar-refractivity contribution >= 4 is 11.9 Å². The maximum Gasteiger partial charge on any atom is 0.307 e. The molecular weight excluding hydrogens is 646 g/mol. The molecule has 0 aromatic carbocycles. The Morgan fingerprint density at radius 2 is 1.78 bits per heavy atom. The highest BCUT2D eigenvalue weighted by molar-refractivity contribution is 5.89. The first kappa shape index (κ1) is 37.0. The average Bonchev–Trinajstić information content (AvgIpc) is 3.58. The van der Waals surface area contributed by atoms with Crippen LogP contribution in [0.5, 0.6) is 0 Å². The molecule has 11 atom stereocenters. The molecule has 284 valence electrons. The molecule has 4 aliphatic carbocycles. The number of allylic oxidation sites excluding steroid dienone is 1. The molecule has 0 spiro atoms. The van der Waals surface area contributed by atoms with E-state index in [1.54, 1.807) is 4.68 Å². The number of rotatable bonds is 9. The van der Waals surface area contributed by atoms with Crippen LogP contribution in [0.3, 0.4) is 0 Å². The summed E-state index contributed by atoms with van der Waals surface area (Å²) >= 11 is 0. The van der Waals surface area contributed by atoms with E-state index >= 15 is 0 Å². The van der Waals surface area contributed by atoms with Crippen molar-refractivity contribution in [2.45, 2.75) is 118 Å². The molecule has 1 aromatic heterocycles. The average molecular weight is 710 g/mol. The van der Waals surface area contributed by atoms with Crippen LogP contribution >= 0.6 is 0 Å². The van der Waals surface area contributed by atoms with Gasteiger partial charge in [-0.2, -0.15) is 5.10 Å². The molecule has 11 nitrogen and oxygen atoms in total. The minimum Gasteiger partial charge on any atom is -0.481 e. The van der Waals surface area contributed by atoms with Gasteiger partial charge in [0.1, 0.15) is 6.33 Å². The van der Waals surface area contributed by atoms with Gasteiger partial charge in [-0.25, -0.2) is 9.67 Å². The highest BCUT2D eigenvalue weighted by Gasteiger charge is 2.72. The standard InChI is InChI=1S/C40H63N5O6/c1-24(2)25(3)35(4)13-14-37(6)26-9-10-29-36(5)20-50-22-40(29,27(26)11-12-38(37,7)30(35)34(47)48)19-28(45-33(32(41)46)43-23-44-45)31(36)51-21-39(42-8)15-17-49-18-16-39/h11,23-26,28-31,42H,9-10,12-22H2,1-8H3,(H2,41,46)(H,47,48)/t25-,26+,28-,29+,30-,31+,35-,36?,37-,38+,40+/m1/s1. The van der Waals surface area contributed by atoms with Gasteiger partial charge >= 0.3 is 5.97 Å². The number of likely N-dealkylation sites (N-methyl/N-ethyl adjacent to an activating group) is 1. The number of carboxylic acid groups (broad SMARTS) is 1. The van der Waals surface area contributed by atoms with Gasteiger partial charge in [-0.3, -0.25) is 9.59 Å². The van der Waals surface area contributed by atoms with Gasteiger partial charge in [0.2, 0.25) is 5.82 Å². The maximum absolute atomic E-state index is 13.5. The molecule has 4 N–H and O–H groups in total. The summed E-state index contributed by atoms with van der Waals surface area (Å²) in [5.41, 5.74) is 5.58. The second-order valence-electron chi connectivity index (χ2n) is 18.9. The Balaban J connectivity index is 1.32. The molecule has 2 aliphatic heterocycles. The van der Waals surface area contributed by atoms with Gasteiger partial charge in [0.15, 0.2) is 0 Å². The summed E-state index contributed by atoms with van der Waals surface area (Å²) in [4.78, 5) is 30.6. The van der Waals surface area contributed by atoms with Crippen LogP contribution in [0.15, 0.2) is 18.0 Å². The second kappa shape index (κ2) is 12.6. The molecule has 11 heteroatoms. The number of carboxylic acids is 1. The van der Waals surface area contributed by atoms with E-state index in [-0.39, 0.29) is 57.0 Å². The quantitative estimate of drug-likeness (QED) is 0.276. The number of aromatic nitrogens is 3. The Labute approximate surface area is 304 Å². The largest absolute Gasteiger partial charge is 0.481 e. The first-order chi connectivity index (χ1) is 24.0. The van der Waals surface area contributed by atoms with E-state index in [0.29, 0.717) is 51.3 Å². The number of primary amides is 1. The summed E-state index contributed by atoms with van der Waals surface area (Å²) in [6.07, 6.45) is 10.7. The van der Waals surface area contributed by atoms with Gasteiger partial charge in [-0.05, 0) is 98.3 Å². The number of amides is 1. The minimum absolute atomic E-state index is 0.153. The SMILES string of the molecule is CNC1(CO[C@H]2[C@H](n3ncnc3C(N)=O)C[C@@]34COCC2(C)[C@@H]3CC[C@H]2C4=CC[C@@]3(C)[C@H](C(=O)O)[C@@](C)([C@H](C)C(C)C)CC[C@]23C)CCOCC1. The lowest BCUT2D eigenvalue weighted by atomic mass is 9.34. The Hall–Kier alpha value is -2.34. The summed E-state index contributed by atoms with van der Waals surface area (Å²) in [6, 6.07) is -0.289. The lowest BCUT2D eigenvalue weighted by molar-refractivity contribution is -0.253. The number of nitrogens with one attached hydrogen (secondary N) is 1. The van der Waals surface area contributed by atoms with Gasteiger partial charge in [0.25, 0.3) is 5.91 Å². The van der Waals surface area contributed by atoms with E-state index in [9.17, 15) is 14.7 Å². The predicted octanol–water partition coefficient (Wildman–Crippen LogP) is 5.66. The van der Waals surface area contributed by atoms with Crippen molar-refractivity contribution < 1.29 is 28.9 Å². The minimum atomic E-state index is -0.651. The van der Waals surface area contributed by atoms with Crippen molar-refractivity contribution in [1.29, 1.82) is 0 Å². The third-order valence-electron chi connectivity index (χ3n) is 16.7. The van der Waals surface area contributed by atoms with E-state index in [1.807, 2.05) is 7.05 Å². The van der Waals surface area contributed by atoms with Crippen LogP contribution in [0.4, 0.5) is 0 Å². The van der Waals surface area contributed by atoms with Gasteiger partial charge in [-0.1, -0.05) is 60.1 Å². The van der Waals surface area contributed by atoms with Gasteiger partial charge in [0, 0.05) is 29.6 Å². The van der Waals surface area contributed by atoms with Crippen molar-refractivity contribution in [3.05, 3.63) is 23.8 Å². The van der Waals surface area contributed by atoms with Gasteiger partial charge in [0.05, 0.1) is 37.9 Å². The van der Waals surface area contributed by atoms with E-state index in [0.717, 1.165) is 44.9 Å². The normalized spacial score (nSPS) is 43.7. The van der Waals surface area contributed by atoms with Crippen molar-refractivity contribution in [1.82, 2.24) is 20.1 Å². The number of hydrogen-bond donors (Lipinski definition) is 3. The molecule has 3 saturated carbocycles.